The number of para-hydroxylation sites is 2. The van der Waals surface area contributed by atoms with Gasteiger partial charge in [-0.3, -0.25) is 4.40 Å². The van der Waals surface area contributed by atoms with Gasteiger partial charge in [0.1, 0.15) is 23.9 Å². The fourth-order valence-electron chi connectivity index (χ4n) is 3.25. The van der Waals surface area contributed by atoms with Crippen LogP contribution >= 0.6 is 0 Å². The number of halogens is 1. The first-order chi connectivity index (χ1) is 13.8. The van der Waals surface area contributed by atoms with Crippen molar-refractivity contribution in [2.45, 2.75) is 12.6 Å². The number of rotatable bonds is 4. The second-order valence-corrected chi connectivity index (χ2v) is 6.48. The number of aromatic nitrogens is 3. The minimum atomic E-state index is -0.368. The molecule has 2 aromatic carbocycles. The van der Waals surface area contributed by atoms with E-state index in [9.17, 15) is 4.39 Å². The third-order valence-electron chi connectivity index (χ3n) is 4.62. The van der Waals surface area contributed by atoms with E-state index in [1.54, 1.807) is 18.3 Å². The SMILES string of the molecule is Fc1ccc(CNc2c(C3COc4ccccc4O3)nc3ncccn23)cc1. The van der Waals surface area contributed by atoms with E-state index in [0.717, 1.165) is 22.8 Å². The second kappa shape index (κ2) is 6.84. The van der Waals surface area contributed by atoms with Crippen molar-refractivity contribution in [1.29, 1.82) is 0 Å². The Bertz CT molecular complexity index is 1130. The van der Waals surface area contributed by atoms with Gasteiger partial charge < -0.3 is 14.8 Å². The molecule has 28 heavy (non-hydrogen) atoms. The van der Waals surface area contributed by atoms with Gasteiger partial charge in [-0.2, -0.15) is 0 Å². The lowest BCUT2D eigenvalue weighted by molar-refractivity contribution is 0.0891. The van der Waals surface area contributed by atoms with E-state index in [4.69, 9.17) is 9.47 Å². The number of hydrogen-bond acceptors (Lipinski definition) is 5. The zero-order chi connectivity index (χ0) is 18.9. The average Bonchev–Trinajstić information content (AvgIpc) is 3.12. The molecule has 4 aromatic rings. The molecule has 0 saturated carbocycles. The van der Waals surface area contributed by atoms with Crippen molar-refractivity contribution in [1.82, 2.24) is 14.4 Å². The molecule has 6 nitrogen and oxygen atoms in total. The van der Waals surface area contributed by atoms with Crippen LogP contribution in [0.3, 0.4) is 0 Å². The van der Waals surface area contributed by atoms with E-state index < -0.39 is 0 Å². The molecule has 1 atom stereocenters. The van der Waals surface area contributed by atoms with Crippen LogP contribution in [-0.2, 0) is 6.54 Å². The van der Waals surface area contributed by atoms with Crippen molar-refractivity contribution >= 4 is 11.6 Å². The Labute approximate surface area is 160 Å². The van der Waals surface area contributed by atoms with E-state index in [-0.39, 0.29) is 11.9 Å². The monoisotopic (exact) mass is 376 g/mol. The highest BCUT2D eigenvalue weighted by Gasteiger charge is 2.28. The van der Waals surface area contributed by atoms with Crippen LogP contribution in [0.2, 0.25) is 0 Å². The standard InChI is InChI=1S/C21H17FN4O2/c22-15-8-6-14(7-9-15)12-24-20-19(25-21-23-10-3-11-26(20)21)18-13-27-16-4-1-2-5-17(16)28-18/h1-11,18,24H,12-13H2. The molecule has 5 rings (SSSR count). The minimum absolute atomic E-state index is 0.255. The van der Waals surface area contributed by atoms with E-state index in [1.165, 1.54) is 12.1 Å². The maximum absolute atomic E-state index is 13.2. The lowest BCUT2D eigenvalue weighted by atomic mass is 10.2. The van der Waals surface area contributed by atoms with Gasteiger partial charge in [0.05, 0.1) is 0 Å². The number of ether oxygens (including phenoxy) is 2. The van der Waals surface area contributed by atoms with Gasteiger partial charge in [-0.05, 0) is 35.9 Å². The molecule has 1 N–H and O–H groups in total. The van der Waals surface area contributed by atoms with Crippen LogP contribution in [0.25, 0.3) is 5.78 Å². The van der Waals surface area contributed by atoms with Gasteiger partial charge in [0.25, 0.3) is 0 Å². The third-order valence-corrected chi connectivity index (χ3v) is 4.62. The van der Waals surface area contributed by atoms with Crippen LogP contribution in [0, 0.1) is 5.82 Å². The zero-order valence-corrected chi connectivity index (χ0v) is 14.9. The molecular weight excluding hydrogens is 359 g/mol. The predicted molar refractivity (Wildman–Crippen MR) is 102 cm³/mol. The van der Waals surface area contributed by atoms with Gasteiger partial charge in [0.15, 0.2) is 17.6 Å². The van der Waals surface area contributed by atoms with Crippen LogP contribution < -0.4 is 14.8 Å². The summed E-state index contributed by atoms with van der Waals surface area (Å²) in [6.07, 6.45) is 3.22. The third kappa shape index (κ3) is 3.00. The molecule has 1 aliphatic heterocycles. The number of hydrogen-bond donors (Lipinski definition) is 1. The van der Waals surface area contributed by atoms with Gasteiger partial charge in [0.2, 0.25) is 5.78 Å². The first-order valence-electron chi connectivity index (χ1n) is 8.98. The Morgan fingerprint density at radius 1 is 1.07 bits per heavy atom. The van der Waals surface area contributed by atoms with Gasteiger partial charge in [-0.1, -0.05) is 24.3 Å². The van der Waals surface area contributed by atoms with E-state index >= 15 is 0 Å². The Morgan fingerprint density at radius 3 is 2.75 bits per heavy atom. The van der Waals surface area contributed by atoms with Crippen molar-refractivity contribution in [2.24, 2.45) is 0 Å². The van der Waals surface area contributed by atoms with Gasteiger partial charge in [0, 0.05) is 18.9 Å². The lowest BCUT2D eigenvalue weighted by Gasteiger charge is -2.26. The molecule has 0 radical (unpaired) electrons. The molecule has 3 heterocycles. The smallest absolute Gasteiger partial charge is 0.235 e. The summed E-state index contributed by atoms with van der Waals surface area (Å²) in [6, 6.07) is 15.8. The fraction of sp³-hybridized carbons (Fsp3) is 0.143. The highest BCUT2D eigenvalue weighted by molar-refractivity contribution is 5.54. The molecule has 0 fully saturated rings. The summed E-state index contributed by atoms with van der Waals surface area (Å²) in [5, 5.41) is 3.40. The lowest BCUT2D eigenvalue weighted by Crippen LogP contribution is -2.23. The summed E-state index contributed by atoms with van der Waals surface area (Å²) in [5.41, 5.74) is 1.67. The van der Waals surface area contributed by atoms with Crippen molar-refractivity contribution in [3.8, 4) is 11.5 Å². The molecule has 0 saturated heterocycles. The molecule has 2 aromatic heterocycles. The number of anilines is 1. The minimum Gasteiger partial charge on any atom is -0.485 e. The first kappa shape index (κ1) is 16.6. The van der Waals surface area contributed by atoms with Crippen molar-refractivity contribution < 1.29 is 13.9 Å². The molecule has 140 valence electrons. The summed E-state index contributed by atoms with van der Waals surface area (Å²) in [7, 11) is 0. The zero-order valence-electron chi connectivity index (χ0n) is 14.9. The fourth-order valence-corrected chi connectivity index (χ4v) is 3.25. The van der Waals surface area contributed by atoms with Crippen LogP contribution in [0.1, 0.15) is 17.4 Å². The normalized spacial score (nSPS) is 15.5. The van der Waals surface area contributed by atoms with Crippen LogP contribution in [0.4, 0.5) is 10.2 Å². The van der Waals surface area contributed by atoms with Crippen LogP contribution in [0.5, 0.6) is 11.5 Å². The highest BCUT2D eigenvalue weighted by atomic mass is 19.1. The van der Waals surface area contributed by atoms with Gasteiger partial charge in [-0.15, -0.1) is 0 Å². The first-order valence-corrected chi connectivity index (χ1v) is 8.98. The molecule has 0 aliphatic carbocycles. The van der Waals surface area contributed by atoms with Gasteiger partial charge >= 0.3 is 0 Å². The summed E-state index contributed by atoms with van der Waals surface area (Å²) in [6.45, 7) is 0.867. The molecule has 7 heteroatoms. The molecular formula is C21H17FN4O2. The maximum atomic E-state index is 13.2. The van der Waals surface area contributed by atoms with E-state index in [2.05, 4.69) is 15.3 Å². The highest BCUT2D eigenvalue weighted by Crippen LogP contribution is 2.37. The average molecular weight is 376 g/mol. The Hall–Kier alpha value is -3.61. The number of nitrogens with one attached hydrogen (secondary N) is 1. The van der Waals surface area contributed by atoms with Crippen LogP contribution in [-0.4, -0.2) is 21.0 Å². The topological polar surface area (TPSA) is 60.7 Å². The van der Waals surface area contributed by atoms with Crippen molar-refractivity contribution in [3.05, 3.63) is 84.1 Å². The Morgan fingerprint density at radius 2 is 1.89 bits per heavy atom. The number of imidazole rings is 1. The summed E-state index contributed by atoms with van der Waals surface area (Å²) in [5.74, 6) is 2.51. The largest absolute Gasteiger partial charge is 0.485 e. The van der Waals surface area contributed by atoms with E-state index in [1.807, 2.05) is 40.9 Å². The Balaban J connectivity index is 1.48. The predicted octanol–water partition coefficient (Wildman–Crippen LogP) is 3.99. The van der Waals surface area contributed by atoms with Crippen molar-refractivity contribution in [3.63, 3.8) is 0 Å². The molecule has 0 amide bonds. The quantitative estimate of drug-likeness (QED) is 0.584. The maximum Gasteiger partial charge on any atom is 0.235 e. The van der Waals surface area contributed by atoms with Gasteiger partial charge in [-0.25, -0.2) is 14.4 Å². The number of benzene rings is 2. The van der Waals surface area contributed by atoms with Crippen LogP contribution in [0.15, 0.2) is 67.0 Å². The Kier molecular flexibility index (Phi) is 4.05. The molecule has 1 unspecified atom stereocenters. The summed E-state index contributed by atoms with van der Waals surface area (Å²) < 4.78 is 27.0. The molecule has 1 aliphatic rings. The molecule has 0 bridgehead atoms. The summed E-state index contributed by atoms with van der Waals surface area (Å²) in [4.78, 5) is 8.99. The molecule has 0 spiro atoms. The second-order valence-electron chi connectivity index (χ2n) is 6.48. The summed E-state index contributed by atoms with van der Waals surface area (Å²) >= 11 is 0. The van der Waals surface area contributed by atoms with E-state index in [0.29, 0.717) is 24.7 Å². The van der Waals surface area contributed by atoms with Crippen molar-refractivity contribution in [2.75, 3.05) is 11.9 Å². The number of fused-ring (bicyclic) bond motifs is 2. The number of nitrogens with zero attached hydrogens (tertiary/aromatic N) is 3.